The second-order valence-electron chi connectivity index (χ2n) is 8.41. The van der Waals surface area contributed by atoms with Crippen LogP contribution in [0.3, 0.4) is 0 Å². The molecule has 0 radical (unpaired) electrons. The third-order valence-electron chi connectivity index (χ3n) is 6.39. The summed E-state index contributed by atoms with van der Waals surface area (Å²) in [5, 5.41) is 0.796. The lowest BCUT2D eigenvalue weighted by Gasteiger charge is -2.23. The molecule has 0 atom stereocenters. The first-order valence-corrected chi connectivity index (χ1v) is 11.3. The standard InChI is InChI=1S/C24H25F3N4O3/c1-2-30-14-18(17-5-8-28-21(17)23(30)32)16-3-4-19-20(13-16)31(9-12-34-24(25,26)27)22(29-19)15-6-10-33-11-7-15/h3-5,8,13-15,28H,2,6-7,9-12H2,1H3. The fraction of sp³-hybridized carbons (Fsp3) is 0.417. The van der Waals surface area contributed by atoms with Gasteiger partial charge in [-0.15, -0.1) is 13.2 Å². The van der Waals surface area contributed by atoms with E-state index < -0.39 is 13.0 Å². The van der Waals surface area contributed by atoms with Crippen LogP contribution in [0, 0.1) is 0 Å². The van der Waals surface area contributed by atoms with Crippen molar-refractivity contribution < 1.29 is 22.6 Å². The van der Waals surface area contributed by atoms with Crippen molar-refractivity contribution in [2.75, 3.05) is 19.8 Å². The zero-order valence-electron chi connectivity index (χ0n) is 18.7. The molecule has 10 heteroatoms. The van der Waals surface area contributed by atoms with E-state index in [2.05, 4.69) is 9.72 Å². The van der Waals surface area contributed by atoms with Gasteiger partial charge in [0.25, 0.3) is 5.56 Å². The number of pyridine rings is 1. The number of nitrogens with zero attached hydrogens (tertiary/aromatic N) is 3. The SMILES string of the molecule is CCn1cc(-c2ccc3nc(C4CCOCC4)n(CCOC(F)(F)F)c3c2)c2cc[nH]c2c1=O. The molecule has 4 aromatic rings. The van der Waals surface area contributed by atoms with E-state index in [9.17, 15) is 18.0 Å². The Kier molecular flexibility index (Phi) is 5.95. The predicted molar refractivity (Wildman–Crippen MR) is 122 cm³/mol. The lowest BCUT2D eigenvalue weighted by Crippen LogP contribution is -2.21. The summed E-state index contributed by atoms with van der Waals surface area (Å²) in [4.78, 5) is 20.5. The van der Waals surface area contributed by atoms with Gasteiger partial charge in [0, 0.05) is 55.6 Å². The third-order valence-corrected chi connectivity index (χ3v) is 6.39. The van der Waals surface area contributed by atoms with Crippen molar-refractivity contribution in [2.45, 2.75) is 45.1 Å². The van der Waals surface area contributed by atoms with Crippen LogP contribution < -0.4 is 5.56 Å². The van der Waals surface area contributed by atoms with Crippen LogP contribution in [0.15, 0.2) is 41.5 Å². The first-order chi connectivity index (χ1) is 16.4. The highest BCUT2D eigenvalue weighted by Gasteiger charge is 2.29. The number of aryl methyl sites for hydroxylation is 1. The second-order valence-corrected chi connectivity index (χ2v) is 8.41. The number of rotatable bonds is 6. The molecule has 0 unspecified atom stereocenters. The van der Waals surface area contributed by atoms with Crippen LogP contribution in [0.25, 0.3) is 33.1 Å². The molecule has 1 fully saturated rings. The molecular formula is C24H25F3N4O3. The molecule has 7 nitrogen and oxygen atoms in total. The lowest BCUT2D eigenvalue weighted by molar-refractivity contribution is -0.325. The normalized spacial score (nSPS) is 15.5. The number of hydrogen-bond donors (Lipinski definition) is 1. The molecule has 1 aliphatic rings. The summed E-state index contributed by atoms with van der Waals surface area (Å²) in [7, 11) is 0. The van der Waals surface area contributed by atoms with Gasteiger partial charge in [0.1, 0.15) is 11.3 Å². The summed E-state index contributed by atoms with van der Waals surface area (Å²) in [5.41, 5.74) is 3.61. The maximum Gasteiger partial charge on any atom is 0.522 e. The van der Waals surface area contributed by atoms with Crippen molar-refractivity contribution in [2.24, 2.45) is 0 Å². The quantitative estimate of drug-likeness (QED) is 0.436. The summed E-state index contributed by atoms with van der Waals surface area (Å²) in [6.07, 6.45) is 0.403. The molecule has 0 spiro atoms. The zero-order valence-corrected chi connectivity index (χ0v) is 18.7. The number of alkyl halides is 3. The van der Waals surface area contributed by atoms with Crippen LogP contribution in [-0.2, 0) is 22.6 Å². The van der Waals surface area contributed by atoms with E-state index in [1.165, 1.54) is 0 Å². The molecule has 4 heterocycles. The Morgan fingerprint density at radius 3 is 2.76 bits per heavy atom. The Labute approximate surface area is 193 Å². The van der Waals surface area contributed by atoms with Crippen molar-refractivity contribution in [3.05, 3.63) is 52.8 Å². The van der Waals surface area contributed by atoms with Gasteiger partial charge < -0.3 is 18.9 Å². The van der Waals surface area contributed by atoms with Crippen molar-refractivity contribution in [1.82, 2.24) is 19.1 Å². The molecule has 1 saturated heterocycles. The molecule has 1 aliphatic heterocycles. The summed E-state index contributed by atoms with van der Waals surface area (Å²) >= 11 is 0. The molecule has 5 rings (SSSR count). The summed E-state index contributed by atoms with van der Waals surface area (Å²) in [6, 6.07) is 7.61. The highest BCUT2D eigenvalue weighted by molar-refractivity contribution is 5.96. The molecule has 0 aliphatic carbocycles. The van der Waals surface area contributed by atoms with Gasteiger partial charge in [-0.1, -0.05) is 6.07 Å². The van der Waals surface area contributed by atoms with Gasteiger partial charge in [-0.25, -0.2) is 4.98 Å². The molecule has 180 valence electrons. The molecule has 0 amide bonds. The van der Waals surface area contributed by atoms with Gasteiger partial charge >= 0.3 is 6.36 Å². The maximum absolute atomic E-state index is 12.7. The minimum Gasteiger partial charge on any atom is -0.381 e. The van der Waals surface area contributed by atoms with E-state index in [0.29, 0.717) is 30.8 Å². The van der Waals surface area contributed by atoms with Gasteiger partial charge in [0.15, 0.2) is 0 Å². The van der Waals surface area contributed by atoms with Crippen LogP contribution in [0.4, 0.5) is 13.2 Å². The summed E-state index contributed by atoms with van der Waals surface area (Å²) in [6.45, 7) is 3.14. The van der Waals surface area contributed by atoms with Gasteiger partial charge in [-0.05, 0) is 43.5 Å². The van der Waals surface area contributed by atoms with Crippen molar-refractivity contribution >= 4 is 21.9 Å². The van der Waals surface area contributed by atoms with Crippen LogP contribution in [0.5, 0.6) is 0 Å². The molecular weight excluding hydrogens is 449 g/mol. The van der Waals surface area contributed by atoms with Crippen molar-refractivity contribution in [1.29, 1.82) is 0 Å². The number of imidazole rings is 1. The fourth-order valence-electron chi connectivity index (χ4n) is 4.73. The second kappa shape index (κ2) is 8.92. The van der Waals surface area contributed by atoms with Crippen LogP contribution >= 0.6 is 0 Å². The van der Waals surface area contributed by atoms with Gasteiger partial charge in [0.05, 0.1) is 17.6 Å². The number of aromatic nitrogens is 4. The first kappa shape index (κ1) is 22.7. The van der Waals surface area contributed by atoms with E-state index in [1.54, 1.807) is 10.8 Å². The van der Waals surface area contributed by atoms with Crippen molar-refractivity contribution in [3.8, 4) is 11.1 Å². The van der Waals surface area contributed by atoms with E-state index in [4.69, 9.17) is 9.72 Å². The largest absolute Gasteiger partial charge is 0.522 e. The van der Waals surface area contributed by atoms with Crippen LogP contribution in [-0.4, -0.2) is 45.3 Å². The number of fused-ring (bicyclic) bond motifs is 2. The molecule has 0 saturated carbocycles. The van der Waals surface area contributed by atoms with Crippen LogP contribution in [0.2, 0.25) is 0 Å². The van der Waals surface area contributed by atoms with Crippen molar-refractivity contribution in [3.63, 3.8) is 0 Å². The average molecular weight is 474 g/mol. The number of H-pyrrole nitrogens is 1. The van der Waals surface area contributed by atoms with Gasteiger partial charge in [0.2, 0.25) is 0 Å². The smallest absolute Gasteiger partial charge is 0.381 e. The fourth-order valence-corrected chi connectivity index (χ4v) is 4.73. The Bertz CT molecular complexity index is 1380. The highest BCUT2D eigenvalue weighted by atomic mass is 19.4. The average Bonchev–Trinajstić information content (AvgIpc) is 3.45. The van der Waals surface area contributed by atoms with E-state index >= 15 is 0 Å². The minimum atomic E-state index is -4.69. The van der Waals surface area contributed by atoms with E-state index in [0.717, 1.165) is 40.7 Å². The molecule has 34 heavy (non-hydrogen) atoms. The lowest BCUT2D eigenvalue weighted by atomic mass is 9.99. The number of nitrogens with one attached hydrogen (secondary N) is 1. The Morgan fingerprint density at radius 2 is 2.03 bits per heavy atom. The highest BCUT2D eigenvalue weighted by Crippen LogP contribution is 2.33. The Morgan fingerprint density at radius 1 is 1.24 bits per heavy atom. The monoisotopic (exact) mass is 474 g/mol. The molecule has 0 bridgehead atoms. The van der Waals surface area contributed by atoms with Crippen LogP contribution in [0.1, 0.15) is 31.5 Å². The number of benzene rings is 1. The first-order valence-electron chi connectivity index (χ1n) is 11.3. The van der Waals surface area contributed by atoms with Gasteiger partial charge in [-0.2, -0.15) is 0 Å². The number of hydrogen-bond acceptors (Lipinski definition) is 4. The molecule has 1 N–H and O–H groups in total. The Hall–Kier alpha value is -3.11. The van der Waals surface area contributed by atoms with E-state index in [1.807, 2.05) is 42.0 Å². The summed E-state index contributed by atoms with van der Waals surface area (Å²) in [5.74, 6) is 0.861. The zero-order chi connectivity index (χ0) is 23.9. The maximum atomic E-state index is 12.7. The number of aromatic amines is 1. The number of ether oxygens (including phenoxy) is 2. The molecule has 3 aromatic heterocycles. The third kappa shape index (κ3) is 4.23. The predicted octanol–water partition coefficient (Wildman–Crippen LogP) is 4.80. The Balaban J connectivity index is 1.63. The number of halogens is 3. The van der Waals surface area contributed by atoms with E-state index in [-0.39, 0.29) is 18.0 Å². The minimum absolute atomic E-state index is 0.0280. The summed E-state index contributed by atoms with van der Waals surface area (Å²) < 4.78 is 51.0. The molecule has 1 aromatic carbocycles. The van der Waals surface area contributed by atoms with Gasteiger partial charge in [-0.3, -0.25) is 9.53 Å². The topological polar surface area (TPSA) is 74.1 Å².